The minimum absolute atomic E-state index is 0.0874. The predicted octanol–water partition coefficient (Wildman–Crippen LogP) is 2.15. The maximum atomic E-state index is 13.3. The molecule has 0 saturated carbocycles. The summed E-state index contributed by atoms with van der Waals surface area (Å²) in [7, 11) is 3.57. The Kier molecular flexibility index (Phi) is 11.4. The largest absolute Gasteiger partial charge is 0.493 e. The highest BCUT2D eigenvalue weighted by Crippen LogP contribution is 2.65. The van der Waals surface area contributed by atoms with Crippen molar-refractivity contribution in [1.29, 1.82) is 0 Å². The fraction of sp³-hybridized carbons (Fsp3) is 0.649. The van der Waals surface area contributed by atoms with Gasteiger partial charge in [0.1, 0.15) is 17.4 Å². The smallest absolute Gasteiger partial charge is 0.407 e. The van der Waals surface area contributed by atoms with Crippen LogP contribution in [-0.4, -0.2) is 109 Å². The number of likely N-dealkylation sites (N-methyl/N-ethyl adjacent to an activating group) is 1. The molecule has 4 N–H and O–H groups in total. The van der Waals surface area contributed by atoms with Crippen LogP contribution >= 0.6 is 0 Å². The molecule has 1 fully saturated rings. The number of likely N-dealkylation sites (tertiary alicyclic amines) is 1. The van der Waals surface area contributed by atoms with E-state index in [2.05, 4.69) is 20.9 Å². The van der Waals surface area contributed by atoms with E-state index in [-0.39, 0.29) is 37.1 Å². The van der Waals surface area contributed by atoms with Gasteiger partial charge < -0.3 is 49.6 Å². The molecule has 6 atom stereocenters. The molecule has 52 heavy (non-hydrogen) atoms. The van der Waals surface area contributed by atoms with Crippen LogP contribution in [0.4, 0.5) is 4.79 Å². The van der Waals surface area contributed by atoms with Crippen molar-refractivity contribution in [3.8, 4) is 11.5 Å². The van der Waals surface area contributed by atoms with Crippen molar-refractivity contribution in [1.82, 2.24) is 20.9 Å². The van der Waals surface area contributed by atoms with Gasteiger partial charge in [-0.15, -0.1) is 0 Å². The number of rotatable bonds is 14. The van der Waals surface area contributed by atoms with Gasteiger partial charge in [0.15, 0.2) is 23.7 Å². The van der Waals surface area contributed by atoms with Crippen LogP contribution in [-0.2, 0) is 45.2 Å². The van der Waals surface area contributed by atoms with Crippen LogP contribution < -0.4 is 25.4 Å². The normalized spacial score (nSPS) is 25.3. The molecular weight excluding hydrogens is 676 g/mol. The number of hydrogen-bond donors (Lipinski definition) is 4. The molecule has 15 nitrogen and oxygen atoms in total. The number of nitrogens with one attached hydrogen (secondary N) is 3. The summed E-state index contributed by atoms with van der Waals surface area (Å²) >= 11 is 0. The molecule has 1 saturated heterocycles. The van der Waals surface area contributed by atoms with Crippen LogP contribution in [0.1, 0.15) is 84.3 Å². The van der Waals surface area contributed by atoms with Crippen molar-refractivity contribution in [2.24, 2.45) is 0 Å². The summed E-state index contributed by atoms with van der Waals surface area (Å²) < 4.78 is 28.5. The molecule has 2 bridgehead atoms. The Hall–Kier alpha value is -4.37. The minimum Gasteiger partial charge on any atom is -0.493 e. The summed E-state index contributed by atoms with van der Waals surface area (Å²) in [5.74, 6) is -1.06. The van der Waals surface area contributed by atoms with E-state index in [1.807, 2.05) is 19.2 Å². The fourth-order valence-electron chi connectivity index (χ4n) is 7.99. The van der Waals surface area contributed by atoms with Crippen molar-refractivity contribution >= 4 is 29.8 Å². The van der Waals surface area contributed by atoms with Gasteiger partial charge in [-0.25, -0.2) is 9.59 Å². The van der Waals surface area contributed by atoms with Crippen LogP contribution in [0, 0.1) is 0 Å². The molecule has 3 amide bonds. The first kappa shape index (κ1) is 38.9. The Morgan fingerprint density at radius 1 is 1.12 bits per heavy atom. The summed E-state index contributed by atoms with van der Waals surface area (Å²) in [6.45, 7) is 8.97. The molecule has 15 heteroatoms. The molecule has 1 spiro atoms. The molecule has 5 rings (SSSR count). The molecule has 4 aliphatic rings. The molecule has 286 valence electrons. The zero-order valence-electron chi connectivity index (χ0n) is 31.1. The van der Waals surface area contributed by atoms with E-state index in [0.717, 1.165) is 11.1 Å². The highest BCUT2D eigenvalue weighted by atomic mass is 16.6. The van der Waals surface area contributed by atoms with Gasteiger partial charge in [0, 0.05) is 38.0 Å². The van der Waals surface area contributed by atoms with Crippen molar-refractivity contribution in [3.05, 3.63) is 35.1 Å². The molecule has 1 aromatic carbocycles. The SMILES string of the molecule is COc1ccc2c3c1OC1C(OC(=O)C(C)OC(=O)CCNC(=O)C(CCCCNC(=O)OC(C)(C)C)NC(C)=O)=CCC4(O)C(C2)N(C)CCC314. The zero-order valence-corrected chi connectivity index (χ0v) is 31.1. The van der Waals surface area contributed by atoms with E-state index in [0.29, 0.717) is 56.7 Å². The number of unbranched alkanes of at least 4 members (excludes halogenated alkanes) is 1. The van der Waals surface area contributed by atoms with Gasteiger partial charge in [-0.3, -0.25) is 14.4 Å². The van der Waals surface area contributed by atoms with Gasteiger partial charge >= 0.3 is 18.0 Å². The molecule has 2 aliphatic heterocycles. The van der Waals surface area contributed by atoms with E-state index >= 15 is 0 Å². The lowest BCUT2D eigenvalue weighted by molar-refractivity contribution is -0.175. The van der Waals surface area contributed by atoms with E-state index < -0.39 is 58.8 Å². The van der Waals surface area contributed by atoms with Crippen LogP contribution in [0.2, 0.25) is 0 Å². The third kappa shape index (κ3) is 7.70. The lowest BCUT2D eigenvalue weighted by Crippen LogP contribution is -2.74. The first-order valence-corrected chi connectivity index (χ1v) is 17.9. The Labute approximate surface area is 304 Å². The fourth-order valence-corrected chi connectivity index (χ4v) is 7.99. The van der Waals surface area contributed by atoms with E-state index in [1.165, 1.54) is 13.8 Å². The number of piperidine rings is 1. The average molecular weight is 729 g/mol. The van der Waals surface area contributed by atoms with Gasteiger partial charge in [0.2, 0.25) is 11.8 Å². The summed E-state index contributed by atoms with van der Waals surface area (Å²) in [6, 6.07) is 2.87. The molecule has 2 aliphatic carbocycles. The van der Waals surface area contributed by atoms with Crippen LogP contribution in [0.5, 0.6) is 11.5 Å². The summed E-state index contributed by atoms with van der Waals surface area (Å²) in [6.07, 6.45) is 1.74. The van der Waals surface area contributed by atoms with Gasteiger partial charge in [-0.1, -0.05) is 6.07 Å². The number of benzene rings is 1. The van der Waals surface area contributed by atoms with Crippen molar-refractivity contribution in [2.75, 3.05) is 33.8 Å². The van der Waals surface area contributed by atoms with Crippen LogP contribution in [0.15, 0.2) is 24.0 Å². The maximum absolute atomic E-state index is 13.3. The Balaban J connectivity index is 1.12. The number of amides is 3. The number of carbonyl (C=O) groups is 5. The Morgan fingerprint density at radius 3 is 2.56 bits per heavy atom. The highest BCUT2D eigenvalue weighted by molar-refractivity contribution is 5.87. The third-order valence-corrected chi connectivity index (χ3v) is 10.3. The average Bonchev–Trinajstić information content (AvgIpc) is 3.42. The van der Waals surface area contributed by atoms with Gasteiger partial charge in [0.05, 0.1) is 24.5 Å². The number of nitrogens with zero attached hydrogens (tertiary/aromatic N) is 1. The van der Waals surface area contributed by atoms with Crippen molar-refractivity contribution in [3.63, 3.8) is 0 Å². The first-order valence-electron chi connectivity index (χ1n) is 17.9. The summed E-state index contributed by atoms with van der Waals surface area (Å²) in [5, 5.41) is 20.2. The van der Waals surface area contributed by atoms with Gasteiger partial charge in [-0.2, -0.15) is 0 Å². The predicted molar refractivity (Wildman–Crippen MR) is 186 cm³/mol. The van der Waals surface area contributed by atoms with Gasteiger partial charge in [-0.05, 0) is 91.1 Å². The molecule has 0 radical (unpaired) electrons. The topological polar surface area (TPSA) is 191 Å². The van der Waals surface area contributed by atoms with Crippen molar-refractivity contribution in [2.45, 2.75) is 120 Å². The van der Waals surface area contributed by atoms with Crippen molar-refractivity contribution < 1.29 is 52.8 Å². The maximum Gasteiger partial charge on any atom is 0.407 e. The quantitative estimate of drug-likeness (QED) is 0.124. The Morgan fingerprint density at radius 2 is 1.87 bits per heavy atom. The Bertz CT molecular complexity index is 1610. The molecule has 1 aromatic rings. The first-order chi connectivity index (χ1) is 24.5. The zero-order chi connectivity index (χ0) is 38.0. The number of hydrogen-bond acceptors (Lipinski definition) is 12. The summed E-state index contributed by atoms with van der Waals surface area (Å²) in [4.78, 5) is 64.5. The standard InChI is InChI=1S/C37H52N4O11/c1-21(49-28(43)14-18-38-32(44)24(40-22(2)42)10-8-9-17-39-34(46)52-35(3,4)5)33(45)50-26-13-15-37(47)27-20-23-11-12-25(48-7)30-29(23)36(37,31(26)51-30)16-19-41(27)6/h11-13,21,24,27,31,47H,8-10,14-20H2,1-7H3,(H,38,44)(H,39,46)(H,40,42). The van der Waals surface area contributed by atoms with E-state index in [1.54, 1.807) is 34.0 Å². The lowest BCUT2D eigenvalue weighted by atomic mass is 9.50. The van der Waals surface area contributed by atoms with Crippen LogP contribution in [0.3, 0.4) is 0 Å². The third-order valence-electron chi connectivity index (χ3n) is 10.3. The molecule has 6 unspecified atom stereocenters. The molecular formula is C37H52N4O11. The second-order valence-corrected chi connectivity index (χ2v) is 15.1. The number of esters is 2. The monoisotopic (exact) mass is 728 g/mol. The molecule has 2 heterocycles. The van der Waals surface area contributed by atoms with Crippen LogP contribution in [0.25, 0.3) is 0 Å². The highest BCUT2D eigenvalue weighted by Gasteiger charge is 2.72. The molecule has 0 aromatic heterocycles. The number of aliphatic hydroxyl groups is 1. The lowest BCUT2D eigenvalue weighted by Gasteiger charge is -2.61. The number of methoxy groups -OCH3 is 1. The van der Waals surface area contributed by atoms with Gasteiger partial charge in [0.25, 0.3) is 0 Å². The van der Waals surface area contributed by atoms with E-state index in [9.17, 15) is 29.1 Å². The second-order valence-electron chi connectivity index (χ2n) is 15.1. The number of alkyl carbamates (subject to hydrolysis) is 1. The number of carbonyl (C=O) groups excluding carboxylic acids is 5. The number of ether oxygens (including phenoxy) is 5. The minimum atomic E-state index is -1.27. The van der Waals surface area contributed by atoms with E-state index in [4.69, 9.17) is 23.7 Å². The second kappa shape index (κ2) is 15.3. The summed E-state index contributed by atoms with van der Waals surface area (Å²) in [5.41, 5.74) is -0.651.